The van der Waals surface area contributed by atoms with E-state index in [9.17, 15) is 9.59 Å². The average molecular weight is 341 g/mol. The monoisotopic (exact) mass is 341 g/mol. The minimum Gasteiger partial charge on any atom is -0.480 e. The predicted octanol–water partition coefficient (Wildman–Crippen LogP) is 1.43. The molecule has 3 N–H and O–H groups in total. The Morgan fingerprint density at radius 2 is 1.88 bits per heavy atom. The predicted molar refractivity (Wildman–Crippen MR) is 91.0 cm³/mol. The van der Waals surface area contributed by atoms with Crippen molar-refractivity contribution < 1.29 is 19.4 Å². The number of aliphatic carboxylic acids is 1. The molecule has 7 nitrogen and oxygen atoms in total. The first-order chi connectivity index (χ1) is 11.1. The van der Waals surface area contributed by atoms with Crippen LogP contribution in [0.1, 0.15) is 47.0 Å². The van der Waals surface area contributed by atoms with Gasteiger partial charge in [-0.1, -0.05) is 20.8 Å². The average Bonchev–Trinajstić information content (AvgIpc) is 2.47. The molecule has 0 aromatic carbocycles. The van der Waals surface area contributed by atoms with Crippen molar-refractivity contribution in [1.82, 2.24) is 15.5 Å². The van der Waals surface area contributed by atoms with Gasteiger partial charge < -0.3 is 20.5 Å². The molecule has 2 saturated carbocycles. The van der Waals surface area contributed by atoms with Crippen LogP contribution >= 0.6 is 0 Å². The minimum atomic E-state index is -0.806. The zero-order valence-electron chi connectivity index (χ0n) is 15.4. The molecule has 0 spiro atoms. The molecule has 24 heavy (non-hydrogen) atoms. The summed E-state index contributed by atoms with van der Waals surface area (Å²) in [6.45, 7) is 9.02. The smallest absolute Gasteiger partial charge is 0.317 e. The van der Waals surface area contributed by atoms with E-state index >= 15 is 0 Å². The second-order valence-electron chi connectivity index (χ2n) is 7.81. The van der Waals surface area contributed by atoms with E-state index in [0.717, 1.165) is 19.3 Å². The van der Waals surface area contributed by atoms with Crippen LogP contribution in [-0.4, -0.2) is 65.9 Å². The lowest BCUT2D eigenvalue weighted by molar-refractivity contribution is -0.177. The summed E-state index contributed by atoms with van der Waals surface area (Å²) in [6, 6.07) is 0.316. The maximum Gasteiger partial charge on any atom is 0.317 e. The van der Waals surface area contributed by atoms with Crippen molar-refractivity contribution in [1.29, 1.82) is 0 Å². The van der Waals surface area contributed by atoms with E-state index in [1.54, 1.807) is 7.11 Å². The van der Waals surface area contributed by atoms with E-state index in [1.165, 1.54) is 0 Å². The lowest BCUT2D eigenvalue weighted by Crippen LogP contribution is -2.70. The molecule has 0 aromatic rings. The van der Waals surface area contributed by atoms with Gasteiger partial charge in [0.2, 0.25) is 0 Å². The van der Waals surface area contributed by atoms with Crippen LogP contribution in [0.3, 0.4) is 0 Å². The van der Waals surface area contributed by atoms with Gasteiger partial charge in [-0.3, -0.25) is 9.69 Å². The van der Waals surface area contributed by atoms with Crippen LogP contribution in [0.2, 0.25) is 0 Å². The van der Waals surface area contributed by atoms with Crippen LogP contribution in [0.25, 0.3) is 0 Å². The molecule has 0 saturated heterocycles. The molecule has 2 atom stereocenters. The second-order valence-corrected chi connectivity index (χ2v) is 7.81. The van der Waals surface area contributed by atoms with Gasteiger partial charge in [0.1, 0.15) is 0 Å². The summed E-state index contributed by atoms with van der Waals surface area (Å²) in [4.78, 5) is 25.0. The molecule has 0 radical (unpaired) electrons. The highest BCUT2D eigenvalue weighted by Gasteiger charge is 2.58. The van der Waals surface area contributed by atoms with E-state index in [2.05, 4.69) is 31.4 Å². The first-order valence-corrected chi connectivity index (χ1v) is 8.71. The molecule has 138 valence electrons. The molecule has 0 aliphatic heterocycles. The van der Waals surface area contributed by atoms with E-state index < -0.39 is 5.97 Å². The highest BCUT2D eigenvalue weighted by atomic mass is 16.5. The van der Waals surface area contributed by atoms with E-state index in [0.29, 0.717) is 6.54 Å². The van der Waals surface area contributed by atoms with Gasteiger partial charge in [-0.2, -0.15) is 0 Å². The number of hydrogen-bond donors (Lipinski definition) is 3. The number of carboxylic acids is 1. The number of carboxylic acid groups (broad SMARTS) is 1. The molecular weight excluding hydrogens is 310 g/mol. The van der Waals surface area contributed by atoms with Gasteiger partial charge >= 0.3 is 12.0 Å². The van der Waals surface area contributed by atoms with Crippen molar-refractivity contribution in [2.24, 2.45) is 5.41 Å². The molecule has 2 amide bonds. The molecule has 0 heterocycles. The van der Waals surface area contributed by atoms with Gasteiger partial charge in [-0.15, -0.1) is 0 Å². The SMILES string of the molecule is CCN(CC(=O)O)C1CC(NC(=O)NC2CC(C)(OC)C2(C)C)C1. The molecule has 0 bridgehead atoms. The molecule has 0 aromatic heterocycles. The van der Waals surface area contributed by atoms with E-state index in [-0.39, 0.29) is 41.7 Å². The lowest BCUT2D eigenvalue weighted by Gasteiger charge is -2.59. The number of ether oxygens (including phenoxy) is 1. The largest absolute Gasteiger partial charge is 0.480 e. The van der Waals surface area contributed by atoms with Gasteiger partial charge in [-0.05, 0) is 32.7 Å². The summed E-state index contributed by atoms with van der Waals surface area (Å²) in [5, 5.41) is 15.0. The van der Waals surface area contributed by atoms with Crippen molar-refractivity contribution >= 4 is 12.0 Å². The number of amides is 2. The summed E-state index contributed by atoms with van der Waals surface area (Å²) in [7, 11) is 1.71. The summed E-state index contributed by atoms with van der Waals surface area (Å²) in [5.41, 5.74) is -0.313. The summed E-state index contributed by atoms with van der Waals surface area (Å²) in [5.74, 6) is -0.806. The Balaban J connectivity index is 1.73. The second kappa shape index (κ2) is 6.88. The standard InChI is InChI=1S/C17H31N3O4/c1-6-20(10-14(21)22)12-7-11(8-12)18-15(23)19-13-9-17(4,24-5)16(13,2)3/h11-13H,6-10H2,1-5H3,(H,21,22)(H2,18,19,23). The van der Waals surface area contributed by atoms with Crippen LogP contribution in [0.15, 0.2) is 0 Å². The number of likely N-dealkylation sites (N-methyl/N-ethyl adjacent to an activating group) is 1. The zero-order chi connectivity index (χ0) is 18.1. The van der Waals surface area contributed by atoms with Gasteiger partial charge in [0, 0.05) is 30.7 Å². The third-order valence-electron chi connectivity index (χ3n) is 6.29. The van der Waals surface area contributed by atoms with Crippen LogP contribution < -0.4 is 10.6 Å². The lowest BCUT2D eigenvalue weighted by atomic mass is 9.56. The molecule has 2 rings (SSSR count). The fraction of sp³-hybridized carbons (Fsp3) is 0.882. The number of nitrogens with one attached hydrogen (secondary N) is 2. The zero-order valence-corrected chi connectivity index (χ0v) is 15.4. The van der Waals surface area contributed by atoms with Crippen molar-refractivity contribution in [3.8, 4) is 0 Å². The van der Waals surface area contributed by atoms with Gasteiger partial charge in [0.15, 0.2) is 0 Å². The Bertz CT molecular complexity index is 490. The Morgan fingerprint density at radius 3 is 2.33 bits per heavy atom. The Morgan fingerprint density at radius 1 is 1.25 bits per heavy atom. The third kappa shape index (κ3) is 3.52. The van der Waals surface area contributed by atoms with Crippen LogP contribution in [0, 0.1) is 5.41 Å². The maximum absolute atomic E-state index is 12.2. The van der Waals surface area contributed by atoms with Gasteiger partial charge in [-0.25, -0.2) is 4.79 Å². The normalized spacial score (nSPS) is 34.2. The fourth-order valence-electron chi connectivity index (χ4n) is 3.78. The number of carbonyl (C=O) groups is 2. The number of methoxy groups -OCH3 is 1. The first-order valence-electron chi connectivity index (χ1n) is 8.71. The van der Waals surface area contributed by atoms with Crippen LogP contribution in [0.5, 0.6) is 0 Å². The Labute approximate surface area is 144 Å². The van der Waals surface area contributed by atoms with Crippen molar-refractivity contribution in [3.63, 3.8) is 0 Å². The first kappa shape index (κ1) is 19.0. The van der Waals surface area contributed by atoms with E-state index in [1.807, 2.05) is 11.8 Å². The Kier molecular flexibility index (Phi) is 5.44. The summed E-state index contributed by atoms with van der Waals surface area (Å²) < 4.78 is 5.57. The summed E-state index contributed by atoms with van der Waals surface area (Å²) in [6.07, 6.45) is 2.41. The molecule has 2 unspecified atom stereocenters. The molecular formula is C17H31N3O4. The summed E-state index contributed by atoms with van der Waals surface area (Å²) >= 11 is 0. The molecule has 7 heteroatoms. The highest BCUT2D eigenvalue weighted by molar-refractivity contribution is 5.75. The number of hydrogen-bond acceptors (Lipinski definition) is 4. The fourth-order valence-corrected chi connectivity index (χ4v) is 3.78. The van der Waals surface area contributed by atoms with E-state index in [4.69, 9.17) is 9.84 Å². The number of carbonyl (C=O) groups excluding carboxylic acids is 1. The number of urea groups is 1. The number of rotatable bonds is 7. The van der Waals surface area contributed by atoms with Crippen LogP contribution in [-0.2, 0) is 9.53 Å². The molecule has 2 fully saturated rings. The minimum absolute atomic E-state index is 0.0615. The third-order valence-corrected chi connectivity index (χ3v) is 6.29. The topological polar surface area (TPSA) is 90.9 Å². The maximum atomic E-state index is 12.2. The van der Waals surface area contributed by atoms with Gasteiger partial charge in [0.05, 0.1) is 12.1 Å². The number of nitrogens with zero attached hydrogens (tertiary/aromatic N) is 1. The highest BCUT2D eigenvalue weighted by Crippen LogP contribution is 2.51. The quantitative estimate of drug-likeness (QED) is 0.652. The van der Waals surface area contributed by atoms with Crippen molar-refractivity contribution in [2.45, 2.75) is 70.7 Å². The van der Waals surface area contributed by atoms with Crippen molar-refractivity contribution in [3.05, 3.63) is 0 Å². The van der Waals surface area contributed by atoms with Crippen LogP contribution in [0.4, 0.5) is 4.79 Å². The molecule has 2 aliphatic carbocycles. The van der Waals surface area contributed by atoms with Crippen molar-refractivity contribution in [2.75, 3.05) is 20.2 Å². The van der Waals surface area contributed by atoms with Gasteiger partial charge in [0.25, 0.3) is 0 Å². The molecule has 2 aliphatic rings. The Hall–Kier alpha value is -1.34.